The van der Waals surface area contributed by atoms with Crippen LogP contribution in [0.1, 0.15) is 15.2 Å². The number of carbonyl (C=O) groups excluding carboxylic acids is 2. The third kappa shape index (κ3) is 5.63. The van der Waals surface area contributed by atoms with E-state index >= 15 is 0 Å². The van der Waals surface area contributed by atoms with Gasteiger partial charge in [-0.3, -0.25) is 9.59 Å². The SMILES string of the molecule is O=C(Nc1ccc(Br)cc1)/C(=C/c1ccc(Br)cc1)NC(=O)c1cccs1. The number of nitrogens with one attached hydrogen (secondary N) is 2. The summed E-state index contributed by atoms with van der Waals surface area (Å²) in [6, 6.07) is 18.2. The Morgan fingerprint density at radius 2 is 1.52 bits per heavy atom. The van der Waals surface area contributed by atoms with Gasteiger partial charge in [0.15, 0.2) is 0 Å². The molecule has 0 saturated heterocycles. The van der Waals surface area contributed by atoms with Gasteiger partial charge in [0.1, 0.15) is 5.70 Å². The lowest BCUT2D eigenvalue weighted by atomic mass is 10.2. The van der Waals surface area contributed by atoms with Gasteiger partial charge in [0, 0.05) is 14.6 Å². The van der Waals surface area contributed by atoms with E-state index in [1.165, 1.54) is 11.3 Å². The van der Waals surface area contributed by atoms with Crippen LogP contribution in [0.3, 0.4) is 0 Å². The first-order chi connectivity index (χ1) is 13.0. The highest BCUT2D eigenvalue weighted by Gasteiger charge is 2.15. The van der Waals surface area contributed by atoms with Crippen molar-refractivity contribution < 1.29 is 9.59 Å². The minimum absolute atomic E-state index is 0.165. The predicted octanol–water partition coefficient (Wildman–Crippen LogP) is 5.68. The van der Waals surface area contributed by atoms with Gasteiger partial charge in [-0.2, -0.15) is 0 Å². The number of rotatable bonds is 5. The standard InChI is InChI=1S/C20H14Br2N2O2S/c21-14-5-3-13(4-6-14)12-17(24-20(26)18-2-1-11-27-18)19(25)23-16-9-7-15(22)8-10-16/h1-12H,(H,23,25)(H,24,26)/b17-12-. The fraction of sp³-hybridized carbons (Fsp3) is 0. The highest BCUT2D eigenvalue weighted by molar-refractivity contribution is 9.10. The Kier molecular flexibility index (Phi) is 6.60. The zero-order valence-electron chi connectivity index (χ0n) is 13.9. The molecular formula is C20H14Br2N2O2S. The van der Waals surface area contributed by atoms with Crippen molar-refractivity contribution in [3.63, 3.8) is 0 Å². The second-order valence-corrected chi connectivity index (χ2v) is 8.28. The molecule has 0 aliphatic rings. The maximum atomic E-state index is 12.8. The topological polar surface area (TPSA) is 58.2 Å². The molecule has 3 rings (SSSR count). The van der Waals surface area contributed by atoms with Crippen LogP contribution in [0.4, 0.5) is 5.69 Å². The molecule has 0 atom stereocenters. The summed E-state index contributed by atoms with van der Waals surface area (Å²) in [6.45, 7) is 0. The molecule has 0 spiro atoms. The normalized spacial score (nSPS) is 11.1. The van der Waals surface area contributed by atoms with Crippen molar-refractivity contribution in [3.8, 4) is 0 Å². The van der Waals surface area contributed by atoms with E-state index < -0.39 is 5.91 Å². The van der Waals surface area contributed by atoms with Crippen molar-refractivity contribution in [1.29, 1.82) is 0 Å². The Bertz CT molecular complexity index is 966. The first kappa shape index (κ1) is 19.5. The molecule has 27 heavy (non-hydrogen) atoms. The van der Waals surface area contributed by atoms with Gasteiger partial charge in [0.05, 0.1) is 4.88 Å². The number of carbonyl (C=O) groups is 2. The van der Waals surface area contributed by atoms with E-state index in [0.29, 0.717) is 10.6 Å². The number of benzene rings is 2. The molecule has 4 nitrogen and oxygen atoms in total. The third-order valence-corrected chi connectivity index (χ3v) is 5.45. The Balaban J connectivity index is 1.85. The van der Waals surface area contributed by atoms with E-state index in [1.807, 2.05) is 41.8 Å². The molecule has 0 aliphatic carbocycles. The predicted molar refractivity (Wildman–Crippen MR) is 117 cm³/mol. The Morgan fingerprint density at radius 1 is 0.889 bits per heavy atom. The van der Waals surface area contributed by atoms with Gasteiger partial charge in [-0.25, -0.2) is 0 Å². The molecule has 2 aromatic carbocycles. The molecular weight excluding hydrogens is 492 g/mol. The number of anilines is 1. The molecule has 0 radical (unpaired) electrons. The van der Waals surface area contributed by atoms with Crippen LogP contribution in [0.2, 0.25) is 0 Å². The molecule has 0 saturated carbocycles. The Morgan fingerprint density at radius 3 is 2.11 bits per heavy atom. The van der Waals surface area contributed by atoms with Crippen molar-refractivity contribution in [2.45, 2.75) is 0 Å². The molecule has 3 aromatic rings. The van der Waals surface area contributed by atoms with E-state index in [2.05, 4.69) is 42.5 Å². The van der Waals surface area contributed by atoms with Gasteiger partial charge in [0.25, 0.3) is 11.8 Å². The zero-order chi connectivity index (χ0) is 19.2. The van der Waals surface area contributed by atoms with Gasteiger partial charge in [-0.1, -0.05) is 50.1 Å². The molecule has 0 unspecified atom stereocenters. The monoisotopic (exact) mass is 504 g/mol. The lowest BCUT2D eigenvalue weighted by molar-refractivity contribution is -0.113. The largest absolute Gasteiger partial charge is 0.321 e. The first-order valence-electron chi connectivity index (χ1n) is 7.90. The van der Waals surface area contributed by atoms with E-state index in [9.17, 15) is 9.59 Å². The smallest absolute Gasteiger partial charge is 0.272 e. The number of halogens is 2. The number of amides is 2. The molecule has 7 heteroatoms. The van der Waals surface area contributed by atoms with Crippen LogP contribution in [0.5, 0.6) is 0 Å². The van der Waals surface area contributed by atoms with Gasteiger partial charge in [-0.05, 0) is 59.5 Å². The maximum absolute atomic E-state index is 12.8. The number of hydrogen-bond acceptors (Lipinski definition) is 3. The summed E-state index contributed by atoms with van der Waals surface area (Å²) in [5.74, 6) is -0.718. The summed E-state index contributed by atoms with van der Waals surface area (Å²) in [7, 11) is 0. The molecule has 1 heterocycles. The second kappa shape index (κ2) is 9.12. The third-order valence-electron chi connectivity index (χ3n) is 3.52. The van der Waals surface area contributed by atoms with Crippen molar-refractivity contribution in [2.24, 2.45) is 0 Å². The Labute approximate surface area is 177 Å². The van der Waals surface area contributed by atoms with Crippen LogP contribution >= 0.6 is 43.2 Å². The van der Waals surface area contributed by atoms with E-state index in [1.54, 1.807) is 30.3 Å². The fourth-order valence-corrected chi connectivity index (χ4v) is 3.36. The molecule has 1 aromatic heterocycles. The van der Waals surface area contributed by atoms with Crippen molar-refractivity contribution in [3.05, 3.63) is 91.1 Å². The van der Waals surface area contributed by atoms with Gasteiger partial charge in [0.2, 0.25) is 0 Å². The minimum atomic E-state index is -0.398. The van der Waals surface area contributed by atoms with Crippen LogP contribution in [0.25, 0.3) is 6.08 Å². The van der Waals surface area contributed by atoms with Gasteiger partial charge in [-0.15, -0.1) is 11.3 Å². The van der Waals surface area contributed by atoms with E-state index in [0.717, 1.165) is 14.5 Å². The van der Waals surface area contributed by atoms with Gasteiger partial charge >= 0.3 is 0 Å². The average molecular weight is 506 g/mol. The highest BCUT2D eigenvalue weighted by atomic mass is 79.9. The summed E-state index contributed by atoms with van der Waals surface area (Å²) < 4.78 is 1.85. The molecule has 0 fully saturated rings. The summed E-state index contributed by atoms with van der Waals surface area (Å²) >= 11 is 8.06. The fourth-order valence-electron chi connectivity index (χ4n) is 2.21. The lowest BCUT2D eigenvalue weighted by Gasteiger charge is -2.11. The lowest BCUT2D eigenvalue weighted by Crippen LogP contribution is -2.30. The zero-order valence-corrected chi connectivity index (χ0v) is 17.9. The Hall–Kier alpha value is -2.22. The number of thiophene rings is 1. The quantitative estimate of drug-likeness (QED) is 0.438. The second-order valence-electron chi connectivity index (χ2n) is 5.50. The molecule has 136 valence electrons. The van der Waals surface area contributed by atoms with Crippen LogP contribution in [-0.2, 0) is 4.79 Å². The van der Waals surface area contributed by atoms with Crippen molar-refractivity contribution >= 4 is 66.8 Å². The number of hydrogen-bond donors (Lipinski definition) is 2. The van der Waals surface area contributed by atoms with E-state index in [4.69, 9.17) is 0 Å². The molecule has 2 N–H and O–H groups in total. The summed E-state index contributed by atoms with van der Waals surface area (Å²) in [5.41, 5.74) is 1.60. The van der Waals surface area contributed by atoms with E-state index in [-0.39, 0.29) is 11.6 Å². The summed E-state index contributed by atoms with van der Waals surface area (Å²) in [6.07, 6.45) is 1.64. The van der Waals surface area contributed by atoms with Gasteiger partial charge < -0.3 is 10.6 Å². The average Bonchev–Trinajstić information content (AvgIpc) is 3.19. The molecule has 2 amide bonds. The summed E-state index contributed by atoms with van der Waals surface area (Å²) in [4.78, 5) is 25.7. The van der Waals surface area contributed by atoms with Crippen LogP contribution in [0, 0.1) is 0 Å². The summed E-state index contributed by atoms with van der Waals surface area (Å²) in [5, 5.41) is 7.33. The van der Waals surface area contributed by atoms with Crippen LogP contribution < -0.4 is 10.6 Å². The molecule has 0 aliphatic heterocycles. The maximum Gasteiger partial charge on any atom is 0.272 e. The van der Waals surface area contributed by atoms with Crippen molar-refractivity contribution in [1.82, 2.24) is 5.32 Å². The molecule has 0 bridgehead atoms. The minimum Gasteiger partial charge on any atom is -0.321 e. The highest BCUT2D eigenvalue weighted by Crippen LogP contribution is 2.17. The first-order valence-corrected chi connectivity index (χ1v) is 10.4. The van der Waals surface area contributed by atoms with Crippen LogP contribution in [0.15, 0.2) is 80.7 Å². The van der Waals surface area contributed by atoms with Crippen molar-refractivity contribution in [2.75, 3.05) is 5.32 Å². The van der Waals surface area contributed by atoms with Crippen LogP contribution in [-0.4, -0.2) is 11.8 Å².